The van der Waals surface area contributed by atoms with Crippen LogP contribution in [0.15, 0.2) is 0 Å². The van der Waals surface area contributed by atoms with Crippen molar-refractivity contribution in [3.05, 3.63) is 0 Å². The van der Waals surface area contributed by atoms with E-state index in [1.165, 1.54) is 0 Å². The minimum Gasteiger partial charge on any atom is -0.404 e. The molecule has 0 saturated carbocycles. The average Bonchev–Trinajstić information content (AvgIpc) is 2.40. The summed E-state index contributed by atoms with van der Waals surface area (Å²) in [5.74, 6) is 0. The van der Waals surface area contributed by atoms with E-state index in [2.05, 4.69) is 9.47 Å². The van der Waals surface area contributed by atoms with Crippen LogP contribution in [0, 0.1) is 0 Å². The van der Waals surface area contributed by atoms with E-state index in [4.69, 9.17) is 19.6 Å². The number of rotatable bonds is 12. The summed E-state index contributed by atoms with van der Waals surface area (Å²) in [6, 6.07) is 0. The van der Waals surface area contributed by atoms with Crippen LogP contribution < -0.4 is 0 Å². The third-order valence-electron chi connectivity index (χ3n) is 2.72. The molecule has 0 heterocycles. The third kappa shape index (κ3) is 11.7. The summed E-state index contributed by atoms with van der Waals surface area (Å²) in [5, 5.41) is 0. The Labute approximate surface area is 133 Å². The molecule has 0 rings (SSSR count). The Hall–Kier alpha value is -0.890. The maximum atomic E-state index is 11.2. The molecule has 0 aliphatic carbocycles. The van der Waals surface area contributed by atoms with E-state index in [0.717, 1.165) is 25.7 Å². The van der Waals surface area contributed by atoms with Crippen molar-refractivity contribution in [2.75, 3.05) is 13.6 Å². The van der Waals surface area contributed by atoms with E-state index < -0.39 is 17.4 Å². The number of hydrogen-bond acceptors (Lipinski definition) is 7. The highest BCUT2D eigenvalue weighted by atomic mass is 17.2. The molecule has 0 aromatic rings. The summed E-state index contributed by atoms with van der Waals surface area (Å²) in [4.78, 5) is 31.1. The van der Waals surface area contributed by atoms with Crippen LogP contribution in [0.2, 0.25) is 0 Å². The van der Waals surface area contributed by atoms with E-state index in [1.807, 2.05) is 41.5 Å². The van der Waals surface area contributed by atoms with Gasteiger partial charge in [0, 0.05) is 0 Å². The van der Waals surface area contributed by atoms with E-state index in [9.17, 15) is 4.79 Å². The van der Waals surface area contributed by atoms with Gasteiger partial charge >= 0.3 is 6.16 Å². The maximum Gasteiger partial charge on any atom is 0.512 e. The Morgan fingerprint density at radius 1 is 0.773 bits per heavy atom. The highest BCUT2D eigenvalue weighted by Crippen LogP contribution is 2.17. The van der Waals surface area contributed by atoms with Gasteiger partial charge < -0.3 is 9.47 Å². The fraction of sp³-hybridized carbons (Fsp3) is 0.933. The van der Waals surface area contributed by atoms with Gasteiger partial charge in [-0.1, -0.05) is 26.7 Å². The van der Waals surface area contributed by atoms with E-state index in [0.29, 0.717) is 0 Å². The van der Waals surface area contributed by atoms with Gasteiger partial charge in [-0.3, -0.25) is 0 Å². The Bertz CT molecular complexity index is 274. The highest BCUT2D eigenvalue weighted by molar-refractivity contribution is 5.59. The average molecular weight is 322 g/mol. The molecule has 0 aliphatic rings. The molecule has 0 atom stereocenters. The molecule has 0 N–H and O–H groups in total. The van der Waals surface area contributed by atoms with Crippen molar-refractivity contribution in [1.82, 2.24) is 0 Å². The first-order chi connectivity index (χ1) is 10.2. The normalized spacial score (nSPS) is 12.3. The van der Waals surface area contributed by atoms with Crippen LogP contribution >= 0.6 is 0 Å². The molecule has 22 heavy (non-hydrogen) atoms. The molecule has 0 fully saturated rings. The highest BCUT2D eigenvalue weighted by Gasteiger charge is 2.20. The van der Waals surface area contributed by atoms with Crippen LogP contribution in [-0.2, 0) is 29.0 Å². The van der Waals surface area contributed by atoms with Gasteiger partial charge in [0.25, 0.3) is 0 Å². The fourth-order valence-electron chi connectivity index (χ4n) is 1.84. The monoisotopic (exact) mass is 322 g/mol. The summed E-state index contributed by atoms with van der Waals surface area (Å²) in [6.45, 7) is 10.9. The van der Waals surface area contributed by atoms with Gasteiger partial charge in [-0.15, -0.1) is 0 Å². The number of ether oxygens (including phenoxy) is 2. The van der Waals surface area contributed by atoms with Gasteiger partial charge in [0.15, 0.2) is 0 Å². The van der Waals surface area contributed by atoms with Gasteiger partial charge in [-0.2, -0.15) is 9.78 Å². The first-order valence-corrected chi connectivity index (χ1v) is 7.63. The number of hydrogen-bond donors (Lipinski definition) is 0. The van der Waals surface area contributed by atoms with Crippen LogP contribution in [0.4, 0.5) is 4.79 Å². The first-order valence-electron chi connectivity index (χ1n) is 7.63. The lowest BCUT2D eigenvalue weighted by molar-refractivity contribution is -0.389. The van der Waals surface area contributed by atoms with E-state index in [-0.39, 0.29) is 13.6 Å². The molecule has 7 heteroatoms. The van der Waals surface area contributed by atoms with Crippen molar-refractivity contribution in [3.8, 4) is 0 Å². The lowest BCUT2D eigenvalue weighted by Crippen LogP contribution is -2.26. The van der Waals surface area contributed by atoms with Crippen molar-refractivity contribution >= 4 is 6.16 Å². The number of carbonyl (C=O) groups is 1. The summed E-state index contributed by atoms with van der Waals surface area (Å²) >= 11 is 0. The zero-order valence-electron chi connectivity index (χ0n) is 14.6. The molecule has 0 aromatic heterocycles. The SMILES string of the molecule is CCCC(C)(C)OOCOC(=O)OCOOC(C)(C)CCC. The summed E-state index contributed by atoms with van der Waals surface area (Å²) < 4.78 is 9.30. The van der Waals surface area contributed by atoms with Crippen LogP contribution in [0.3, 0.4) is 0 Å². The summed E-state index contributed by atoms with van der Waals surface area (Å²) in [6.07, 6.45) is 2.66. The molecule has 0 radical (unpaired) electrons. The summed E-state index contributed by atoms with van der Waals surface area (Å²) in [5.41, 5.74) is -0.854. The lowest BCUT2D eigenvalue weighted by atomic mass is 10.0. The second-order valence-electron chi connectivity index (χ2n) is 6.20. The fourth-order valence-corrected chi connectivity index (χ4v) is 1.84. The number of carbonyl (C=O) groups excluding carboxylic acids is 1. The zero-order chi connectivity index (χ0) is 17.1. The Morgan fingerprint density at radius 3 is 1.45 bits per heavy atom. The topological polar surface area (TPSA) is 72.5 Å². The Kier molecular flexibility index (Phi) is 10.3. The molecule has 0 aliphatic heterocycles. The predicted octanol–water partition coefficient (Wildman–Crippen LogP) is 4.11. The molecule has 7 nitrogen and oxygen atoms in total. The van der Waals surface area contributed by atoms with Gasteiger partial charge in [0.05, 0.1) is 11.2 Å². The minimum atomic E-state index is -0.922. The summed E-state index contributed by atoms with van der Waals surface area (Å²) in [7, 11) is 0. The molecule has 0 amide bonds. The quantitative estimate of drug-likeness (QED) is 0.176. The largest absolute Gasteiger partial charge is 0.512 e. The smallest absolute Gasteiger partial charge is 0.404 e. The van der Waals surface area contributed by atoms with Crippen molar-refractivity contribution < 1.29 is 33.8 Å². The van der Waals surface area contributed by atoms with Crippen molar-refractivity contribution in [3.63, 3.8) is 0 Å². The molecular formula is C15H30O7. The van der Waals surface area contributed by atoms with Crippen LogP contribution in [0.1, 0.15) is 67.2 Å². The Balaban J connectivity index is 3.63. The standard InChI is InChI=1S/C15H30O7/c1-7-9-14(3,4)21-19-11-17-13(16)18-12-20-22-15(5,6)10-8-2/h7-12H2,1-6H3. The Morgan fingerprint density at radius 2 is 1.14 bits per heavy atom. The van der Waals surface area contributed by atoms with Crippen molar-refractivity contribution in [2.24, 2.45) is 0 Å². The third-order valence-corrected chi connectivity index (χ3v) is 2.72. The molecule has 0 spiro atoms. The minimum absolute atomic E-state index is 0.353. The molecule has 0 bridgehead atoms. The van der Waals surface area contributed by atoms with E-state index >= 15 is 0 Å². The maximum absolute atomic E-state index is 11.2. The zero-order valence-corrected chi connectivity index (χ0v) is 14.6. The van der Waals surface area contributed by atoms with Crippen molar-refractivity contribution in [1.29, 1.82) is 0 Å². The predicted molar refractivity (Wildman–Crippen MR) is 79.6 cm³/mol. The van der Waals surface area contributed by atoms with Gasteiger partial charge in [0.1, 0.15) is 0 Å². The van der Waals surface area contributed by atoms with Crippen LogP contribution in [0.25, 0.3) is 0 Å². The van der Waals surface area contributed by atoms with Crippen molar-refractivity contribution in [2.45, 2.75) is 78.4 Å². The second kappa shape index (κ2) is 10.8. The second-order valence-corrected chi connectivity index (χ2v) is 6.20. The first kappa shape index (κ1) is 21.1. The lowest BCUT2D eigenvalue weighted by Gasteiger charge is -2.22. The van der Waals surface area contributed by atoms with Gasteiger partial charge in [0.2, 0.25) is 13.6 Å². The molecular weight excluding hydrogens is 292 g/mol. The van der Waals surface area contributed by atoms with Gasteiger partial charge in [-0.05, 0) is 40.5 Å². The molecule has 132 valence electrons. The molecule has 0 aromatic carbocycles. The van der Waals surface area contributed by atoms with Crippen LogP contribution in [0.5, 0.6) is 0 Å². The van der Waals surface area contributed by atoms with Crippen LogP contribution in [-0.4, -0.2) is 30.9 Å². The van der Waals surface area contributed by atoms with E-state index in [1.54, 1.807) is 0 Å². The molecule has 0 saturated heterocycles. The van der Waals surface area contributed by atoms with Gasteiger partial charge in [-0.25, -0.2) is 14.6 Å². The molecule has 0 unspecified atom stereocenters.